The minimum Gasteiger partial charge on any atom is -0.444 e. The first-order valence-corrected chi connectivity index (χ1v) is 6.81. The summed E-state index contributed by atoms with van der Waals surface area (Å²) in [6.45, 7) is 1.88. The van der Waals surface area contributed by atoms with Gasteiger partial charge in [0, 0.05) is 11.3 Å². The molecule has 96 valence electrons. The quantitative estimate of drug-likeness (QED) is 0.739. The van der Waals surface area contributed by atoms with Crippen LogP contribution in [0.25, 0.3) is 11.5 Å². The number of hydrogen-bond acceptors (Lipinski definition) is 5. The largest absolute Gasteiger partial charge is 0.444 e. The van der Waals surface area contributed by atoms with Crippen molar-refractivity contribution in [2.24, 2.45) is 0 Å². The van der Waals surface area contributed by atoms with Gasteiger partial charge in [0.05, 0.1) is 5.69 Å². The van der Waals surface area contributed by atoms with E-state index in [-0.39, 0.29) is 0 Å². The Labute approximate surface area is 114 Å². The first-order valence-electron chi connectivity index (χ1n) is 5.83. The van der Waals surface area contributed by atoms with Crippen LogP contribution in [0.15, 0.2) is 46.2 Å². The van der Waals surface area contributed by atoms with E-state index in [1.54, 1.807) is 6.26 Å². The molecule has 0 spiro atoms. The zero-order chi connectivity index (χ0) is 13.1. The zero-order valence-electron chi connectivity index (χ0n) is 10.3. The van der Waals surface area contributed by atoms with Crippen molar-refractivity contribution in [1.29, 1.82) is 0 Å². The molecule has 19 heavy (non-hydrogen) atoms. The van der Waals surface area contributed by atoms with Gasteiger partial charge in [-0.3, -0.25) is 5.10 Å². The highest BCUT2D eigenvalue weighted by molar-refractivity contribution is 7.98. The van der Waals surface area contributed by atoms with Gasteiger partial charge in [0.25, 0.3) is 0 Å². The second kappa shape index (κ2) is 5.27. The lowest BCUT2D eigenvalue weighted by molar-refractivity contribution is 0.573. The molecule has 1 aromatic carbocycles. The van der Waals surface area contributed by atoms with Crippen molar-refractivity contribution in [2.45, 2.75) is 17.8 Å². The van der Waals surface area contributed by atoms with Crippen molar-refractivity contribution < 1.29 is 4.42 Å². The Morgan fingerprint density at radius 3 is 2.79 bits per heavy atom. The Morgan fingerprint density at radius 2 is 2.05 bits per heavy atom. The Hall–Kier alpha value is -2.08. The number of H-pyrrole nitrogens is 1. The van der Waals surface area contributed by atoms with E-state index in [1.807, 2.05) is 37.3 Å². The molecule has 2 heterocycles. The predicted molar refractivity (Wildman–Crippen MR) is 72.6 cm³/mol. The third-order valence-electron chi connectivity index (χ3n) is 2.50. The van der Waals surface area contributed by atoms with Crippen molar-refractivity contribution in [3.05, 3.63) is 48.1 Å². The third kappa shape index (κ3) is 2.85. The number of rotatable bonds is 4. The van der Waals surface area contributed by atoms with Crippen LogP contribution in [0.3, 0.4) is 0 Å². The Kier molecular flexibility index (Phi) is 3.33. The van der Waals surface area contributed by atoms with Crippen molar-refractivity contribution in [2.75, 3.05) is 0 Å². The topological polar surface area (TPSA) is 67.6 Å². The molecule has 0 atom stereocenters. The minimum absolute atomic E-state index is 0.641. The van der Waals surface area contributed by atoms with Crippen molar-refractivity contribution in [3.8, 4) is 11.5 Å². The highest BCUT2D eigenvalue weighted by Gasteiger charge is 2.08. The van der Waals surface area contributed by atoms with Crippen molar-refractivity contribution >= 4 is 11.8 Å². The standard InChI is InChI=1S/C13H12N4OS/c1-9-14-13(17-16-9)19-8-11-7-18-12(15-11)10-5-3-2-4-6-10/h2-7H,8H2,1H3,(H,14,16,17). The first-order chi connectivity index (χ1) is 9.31. The van der Waals surface area contributed by atoms with E-state index in [2.05, 4.69) is 20.2 Å². The van der Waals surface area contributed by atoms with Crippen LogP contribution in [0, 0.1) is 6.92 Å². The lowest BCUT2D eigenvalue weighted by Gasteiger charge is -1.93. The van der Waals surface area contributed by atoms with Crippen LogP contribution in [0.1, 0.15) is 11.5 Å². The van der Waals surface area contributed by atoms with Gasteiger partial charge in [-0.1, -0.05) is 30.0 Å². The van der Waals surface area contributed by atoms with Crippen LogP contribution >= 0.6 is 11.8 Å². The molecule has 0 aliphatic carbocycles. The molecule has 0 saturated carbocycles. The third-order valence-corrected chi connectivity index (χ3v) is 3.38. The van der Waals surface area contributed by atoms with E-state index in [1.165, 1.54) is 11.8 Å². The molecule has 1 N–H and O–H groups in total. The Bertz CT molecular complexity index is 662. The Morgan fingerprint density at radius 1 is 1.21 bits per heavy atom. The van der Waals surface area contributed by atoms with Crippen LogP contribution < -0.4 is 0 Å². The van der Waals surface area contributed by atoms with Gasteiger partial charge in [-0.15, -0.1) is 5.10 Å². The van der Waals surface area contributed by atoms with Gasteiger partial charge < -0.3 is 4.42 Å². The van der Waals surface area contributed by atoms with E-state index in [9.17, 15) is 0 Å². The monoisotopic (exact) mass is 272 g/mol. The molecule has 0 unspecified atom stereocenters. The highest BCUT2D eigenvalue weighted by Crippen LogP contribution is 2.22. The number of nitrogens with zero attached hydrogens (tertiary/aromatic N) is 3. The van der Waals surface area contributed by atoms with Gasteiger partial charge >= 0.3 is 0 Å². The van der Waals surface area contributed by atoms with Crippen LogP contribution in [0.4, 0.5) is 0 Å². The van der Waals surface area contributed by atoms with Crippen molar-refractivity contribution in [1.82, 2.24) is 20.2 Å². The molecule has 0 radical (unpaired) electrons. The van der Waals surface area contributed by atoms with Gasteiger partial charge in [0.2, 0.25) is 11.0 Å². The molecule has 0 fully saturated rings. The summed E-state index contributed by atoms with van der Waals surface area (Å²) < 4.78 is 5.47. The Balaban J connectivity index is 1.68. The van der Waals surface area contributed by atoms with Crippen molar-refractivity contribution in [3.63, 3.8) is 0 Å². The summed E-state index contributed by atoms with van der Waals surface area (Å²) in [6, 6.07) is 9.84. The smallest absolute Gasteiger partial charge is 0.226 e. The molecule has 0 aliphatic heterocycles. The fourth-order valence-corrected chi connectivity index (χ4v) is 2.33. The SMILES string of the molecule is Cc1nc(SCc2coc(-c3ccccc3)n2)n[nH]1. The summed E-state index contributed by atoms with van der Waals surface area (Å²) in [5.41, 5.74) is 1.86. The van der Waals surface area contributed by atoms with E-state index >= 15 is 0 Å². The summed E-state index contributed by atoms with van der Waals surface area (Å²) >= 11 is 1.53. The predicted octanol–water partition coefficient (Wildman–Crippen LogP) is 3.06. The highest BCUT2D eigenvalue weighted by atomic mass is 32.2. The number of hydrogen-bond donors (Lipinski definition) is 1. The normalized spacial score (nSPS) is 10.8. The maximum atomic E-state index is 5.47. The van der Waals surface area contributed by atoms with Crippen LogP contribution in [0.5, 0.6) is 0 Å². The fourth-order valence-electron chi connectivity index (χ4n) is 1.61. The molecule has 3 aromatic rings. The van der Waals surface area contributed by atoms with Crippen LogP contribution in [-0.2, 0) is 5.75 Å². The summed E-state index contributed by atoms with van der Waals surface area (Å²) in [6.07, 6.45) is 1.68. The molecule has 0 amide bonds. The lowest BCUT2D eigenvalue weighted by Crippen LogP contribution is -1.83. The molecule has 5 nitrogen and oxygen atoms in total. The molecule has 0 saturated heterocycles. The molecule has 0 aliphatic rings. The zero-order valence-corrected chi connectivity index (χ0v) is 11.1. The number of aryl methyl sites for hydroxylation is 1. The maximum Gasteiger partial charge on any atom is 0.226 e. The first kappa shape index (κ1) is 12.0. The van der Waals surface area contributed by atoms with E-state index in [4.69, 9.17) is 4.42 Å². The molecular weight excluding hydrogens is 260 g/mol. The van der Waals surface area contributed by atoms with E-state index in [0.29, 0.717) is 11.6 Å². The van der Waals surface area contributed by atoms with Gasteiger partial charge in [-0.2, -0.15) is 0 Å². The van der Waals surface area contributed by atoms with Gasteiger partial charge in [-0.05, 0) is 19.1 Å². The van der Waals surface area contributed by atoms with Gasteiger partial charge in [-0.25, -0.2) is 9.97 Å². The summed E-state index contributed by atoms with van der Waals surface area (Å²) in [5, 5.41) is 7.60. The van der Waals surface area contributed by atoms with Gasteiger partial charge in [0.1, 0.15) is 12.1 Å². The van der Waals surface area contributed by atoms with Crippen LogP contribution in [-0.4, -0.2) is 20.2 Å². The second-order valence-electron chi connectivity index (χ2n) is 4.00. The number of aromatic nitrogens is 4. The number of thioether (sulfide) groups is 1. The van der Waals surface area contributed by atoms with Gasteiger partial charge in [0.15, 0.2) is 0 Å². The average Bonchev–Trinajstić information content (AvgIpc) is 3.06. The molecular formula is C13H12N4OS. The summed E-state index contributed by atoms with van der Waals surface area (Å²) in [7, 11) is 0. The van der Waals surface area contributed by atoms with E-state index < -0.39 is 0 Å². The molecule has 6 heteroatoms. The second-order valence-corrected chi connectivity index (χ2v) is 4.94. The molecule has 3 rings (SSSR count). The number of aromatic amines is 1. The number of oxazole rings is 1. The number of nitrogens with one attached hydrogen (secondary N) is 1. The number of benzene rings is 1. The molecule has 0 bridgehead atoms. The fraction of sp³-hybridized carbons (Fsp3) is 0.154. The maximum absolute atomic E-state index is 5.47. The lowest BCUT2D eigenvalue weighted by atomic mass is 10.2. The van der Waals surface area contributed by atoms with E-state index in [0.717, 1.165) is 22.2 Å². The summed E-state index contributed by atoms with van der Waals surface area (Å²) in [4.78, 5) is 8.68. The minimum atomic E-state index is 0.641. The molecule has 2 aromatic heterocycles. The average molecular weight is 272 g/mol. The van der Waals surface area contributed by atoms with Crippen LogP contribution in [0.2, 0.25) is 0 Å². The summed E-state index contributed by atoms with van der Waals surface area (Å²) in [5.74, 6) is 2.14.